The number of thiazole rings is 1. The van der Waals surface area contributed by atoms with Gasteiger partial charge in [-0.25, -0.2) is 4.98 Å². The van der Waals surface area contributed by atoms with Gasteiger partial charge >= 0.3 is 0 Å². The van der Waals surface area contributed by atoms with Crippen LogP contribution >= 0.6 is 11.3 Å². The molecule has 1 aromatic heterocycles. The van der Waals surface area contributed by atoms with Gasteiger partial charge in [-0.2, -0.15) is 0 Å². The van der Waals surface area contributed by atoms with Crippen LogP contribution in [-0.4, -0.2) is 36.6 Å². The van der Waals surface area contributed by atoms with Gasteiger partial charge in [0.1, 0.15) is 5.01 Å². The molecule has 1 aliphatic heterocycles. The summed E-state index contributed by atoms with van der Waals surface area (Å²) in [6, 6.07) is 0. The van der Waals surface area contributed by atoms with E-state index in [1.165, 1.54) is 48.1 Å². The van der Waals surface area contributed by atoms with E-state index < -0.39 is 0 Å². The van der Waals surface area contributed by atoms with Crippen molar-refractivity contribution in [2.24, 2.45) is 5.92 Å². The lowest BCUT2D eigenvalue weighted by atomic mass is 9.98. The second-order valence-electron chi connectivity index (χ2n) is 5.14. The molecule has 0 amide bonds. The topological polar surface area (TPSA) is 28.2 Å². The molecule has 0 radical (unpaired) electrons. The number of aryl methyl sites for hydroxylation is 2. The molecule has 3 nitrogen and oxygen atoms in total. The van der Waals surface area contributed by atoms with Crippen LogP contribution < -0.4 is 5.32 Å². The molecule has 0 unspecified atom stereocenters. The average molecular weight is 253 g/mol. The van der Waals surface area contributed by atoms with Gasteiger partial charge in [-0.15, -0.1) is 11.3 Å². The highest BCUT2D eigenvalue weighted by atomic mass is 32.1. The van der Waals surface area contributed by atoms with Crippen molar-refractivity contribution in [1.82, 2.24) is 15.2 Å². The monoisotopic (exact) mass is 253 g/mol. The third kappa shape index (κ3) is 3.76. The molecule has 0 aromatic carbocycles. The summed E-state index contributed by atoms with van der Waals surface area (Å²) in [5.41, 5.74) is 1.19. The Kier molecular flexibility index (Phi) is 4.54. The predicted octanol–water partition coefficient (Wildman–Crippen LogP) is 2.19. The number of aromatic nitrogens is 1. The zero-order chi connectivity index (χ0) is 12.3. The lowest BCUT2D eigenvalue weighted by Gasteiger charge is -2.27. The molecule has 2 heterocycles. The lowest BCUT2D eigenvalue weighted by Crippen LogP contribution is -2.34. The maximum absolute atomic E-state index is 4.61. The van der Waals surface area contributed by atoms with E-state index in [-0.39, 0.29) is 0 Å². The summed E-state index contributed by atoms with van der Waals surface area (Å²) < 4.78 is 0. The Morgan fingerprint density at radius 1 is 1.35 bits per heavy atom. The quantitative estimate of drug-likeness (QED) is 0.891. The Bertz CT molecular complexity index is 336. The molecule has 1 aromatic rings. The maximum atomic E-state index is 4.61. The Hall–Kier alpha value is -0.450. The van der Waals surface area contributed by atoms with E-state index in [4.69, 9.17) is 0 Å². The Labute approximate surface area is 108 Å². The van der Waals surface area contributed by atoms with E-state index in [0.29, 0.717) is 0 Å². The van der Waals surface area contributed by atoms with Gasteiger partial charge in [-0.3, -0.25) is 4.90 Å². The van der Waals surface area contributed by atoms with Crippen LogP contribution in [0, 0.1) is 19.8 Å². The third-order valence-electron chi connectivity index (χ3n) is 3.51. The first kappa shape index (κ1) is 13.0. The first-order chi connectivity index (χ1) is 8.15. The van der Waals surface area contributed by atoms with Crippen molar-refractivity contribution in [2.45, 2.75) is 33.2 Å². The number of hydrogen-bond donors (Lipinski definition) is 1. The highest BCUT2D eigenvalue weighted by molar-refractivity contribution is 7.11. The molecule has 0 atom stereocenters. The molecule has 1 aliphatic rings. The van der Waals surface area contributed by atoms with Crippen molar-refractivity contribution >= 4 is 11.3 Å². The summed E-state index contributed by atoms with van der Waals surface area (Å²) in [6.45, 7) is 8.84. The molecule has 96 valence electrons. The van der Waals surface area contributed by atoms with Gasteiger partial charge < -0.3 is 5.32 Å². The van der Waals surface area contributed by atoms with Crippen molar-refractivity contribution in [3.63, 3.8) is 0 Å². The van der Waals surface area contributed by atoms with E-state index in [0.717, 1.165) is 12.5 Å². The highest BCUT2D eigenvalue weighted by Gasteiger charge is 2.16. The van der Waals surface area contributed by atoms with Crippen molar-refractivity contribution in [1.29, 1.82) is 0 Å². The van der Waals surface area contributed by atoms with E-state index in [1.54, 1.807) is 0 Å². The fraction of sp³-hybridized carbons (Fsp3) is 0.769. The lowest BCUT2D eigenvalue weighted by molar-refractivity contribution is 0.234. The third-order valence-corrected chi connectivity index (χ3v) is 4.56. The second kappa shape index (κ2) is 5.94. The smallest absolute Gasteiger partial charge is 0.107 e. The van der Waals surface area contributed by atoms with Gasteiger partial charge in [0, 0.05) is 11.4 Å². The van der Waals surface area contributed by atoms with Crippen LogP contribution in [0.4, 0.5) is 0 Å². The molecule has 1 saturated heterocycles. The molecule has 0 saturated carbocycles. The zero-order valence-corrected chi connectivity index (χ0v) is 11.9. The van der Waals surface area contributed by atoms with Crippen LogP contribution in [0.15, 0.2) is 0 Å². The zero-order valence-electron chi connectivity index (χ0n) is 11.1. The van der Waals surface area contributed by atoms with Crippen LogP contribution in [0.3, 0.4) is 0 Å². The van der Waals surface area contributed by atoms with Crippen molar-refractivity contribution in [3.05, 3.63) is 15.6 Å². The molecule has 17 heavy (non-hydrogen) atoms. The van der Waals surface area contributed by atoms with Gasteiger partial charge in [-0.1, -0.05) is 0 Å². The Balaban J connectivity index is 1.81. The predicted molar refractivity (Wildman–Crippen MR) is 73.5 cm³/mol. The number of rotatable bonds is 4. The molecular weight excluding hydrogens is 230 g/mol. The van der Waals surface area contributed by atoms with Crippen LogP contribution in [0.1, 0.15) is 28.4 Å². The largest absolute Gasteiger partial charge is 0.317 e. The van der Waals surface area contributed by atoms with Crippen LogP contribution in [0.2, 0.25) is 0 Å². The summed E-state index contributed by atoms with van der Waals surface area (Å²) >= 11 is 1.84. The molecule has 0 spiro atoms. The summed E-state index contributed by atoms with van der Waals surface area (Å²) in [7, 11) is 2.22. The number of piperidine rings is 1. The summed E-state index contributed by atoms with van der Waals surface area (Å²) in [5, 5.41) is 4.68. The van der Waals surface area contributed by atoms with Crippen molar-refractivity contribution in [3.8, 4) is 0 Å². The number of hydrogen-bond acceptors (Lipinski definition) is 4. The van der Waals surface area contributed by atoms with Gasteiger partial charge in [0.15, 0.2) is 0 Å². The maximum Gasteiger partial charge on any atom is 0.107 e. The minimum Gasteiger partial charge on any atom is -0.317 e. The summed E-state index contributed by atoms with van der Waals surface area (Å²) in [5.74, 6) is 0.864. The fourth-order valence-corrected chi connectivity index (χ4v) is 3.42. The molecule has 1 N–H and O–H groups in total. The normalized spacial score (nSPS) is 17.9. The average Bonchev–Trinajstić information content (AvgIpc) is 2.59. The summed E-state index contributed by atoms with van der Waals surface area (Å²) in [6.07, 6.45) is 2.64. The van der Waals surface area contributed by atoms with Gasteiger partial charge in [0.2, 0.25) is 0 Å². The first-order valence-corrected chi connectivity index (χ1v) is 7.29. The van der Waals surface area contributed by atoms with Crippen LogP contribution in [0.25, 0.3) is 0 Å². The van der Waals surface area contributed by atoms with Crippen molar-refractivity contribution < 1.29 is 0 Å². The van der Waals surface area contributed by atoms with Crippen LogP contribution in [-0.2, 0) is 6.54 Å². The molecule has 0 bridgehead atoms. The van der Waals surface area contributed by atoms with Crippen molar-refractivity contribution in [2.75, 3.05) is 26.7 Å². The Morgan fingerprint density at radius 3 is 2.65 bits per heavy atom. The minimum absolute atomic E-state index is 0.864. The minimum atomic E-state index is 0.864. The summed E-state index contributed by atoms with van der Waals surface area (Å²) in [4.78, 5) is 8.39. The van der Waals surface area contributed by atoms with E-state index in [9.17, 15) is 0 Å². The molecule has 1 fully saturated rings. The number of nitrogens with one attached hydrogen (secondary N) is 1. The highest BCUT2D eigenvalue weighted by Crippen LogP contribution is 2.19. The first-order valence-electron chi connectivity index (χ1n) is 6.47. The molecular formula is C13H23N3S. The van der Waals surface area contributed by atoms with E-state index in [1.807, 2.05) is 11.3 Å². The standard InChI is InChI=1S/C13H23N3S/c1-10-11(2)17-13(15-10)9-16(3)8-12-4-6-14-7-5-12/h12,14H,4-9H2,1-3H3. The molecule has 0 aliphatic carbocycles. The SMILES string of the molecule is Cc1nc(CN(C)CC2CCNCC2)sc1C. The van der Waals surface area contributed by atoms with E-state index >= 15 is 0 Å². The second-order valence-corrected chi connectivity index (χ2v) is 6.43. The van der Waals surface area contributed by atoms with Gasteiger partial charge in [0.25, 0.3) is 0 Å². The van der Waals surface area contributed by atoms with Gasteiger partial charge in [-0.05, 0) is 52.7 Å². The molecule has 4 heteroatoms. The Morgan fingerprint density at radius 2 is 2.06 bits per heavy atom. The fourth-order valence-electron chi connectivity index (χ4n) is 2.41. The van der Waals surface area contributed by atoms with E-state index in [2.05, 4.69) is 36.1 Å². The molecule has 2 rings (SSSR count). The van der Waals surface area contributed by atoms with Gasteiger partial charge in [0.05, 0.1) is 12.2 Å². The van der Waals surface area contributed by atoms with Crippen LogP contribution in [0.5, 0.6) is 0 Å². The number of nitrogens with zero attached hydrogens (tertiary/aromatic N) is 2.